The molecule has 0 aromatic carbocycles. The van der Waals surface area contributed by atoms with E-state index in [-0.39, 0.29) is 5.54 Å². The van der Waals surface area contributed by atoms with Crippen LogP contribution in [0, 0.1) is 0 Å². The Bertz CT molecular complexity index is 460. The Kier molecular flexibility index (Phi) is 2.09. The molecule has 2 aromatic rings. The van der Waals surface area contributed by atoms with E-state index in [0.717, 1.165) is 18.0 Å². The summed E-state index contributed by atoms with van der Waals surface area (Å²) < 4.78 is 1.81. The van der Waals surface area contributed by atoms with Gasteiger partial charge in [-0.25, -0.2) is 4.52 Å². The van der Waals surface area contributed by atoms with Crippen LogP contribution in [0.2, 0.25) is 0 Å². The van der Waals surface area contributed by atoms with Gasteiger partial charge in [0.25, 0.3) is 0 Å². The Hall–Kier alpha value is -1.58. The zero-order chi connectivity index (χ0) is 11.0. The second kappa shape index (κ2) is 3.47. The Morgan fingerprint density at radius 2 is 2.31 bits per heavy atom. The smallest absolute Gasteiger partial charge is 0.243 e. The first kappa shape index (κ1) is 9.63. The quantitative estimate of drug-likeness (QED) is 0.857. The molecule has 1 fully saturated rings. The number of pyridine rings is 1. The minimum atomic E-state index is 0.255. The second-order valence-electron chi connectivity index (χ2n) is 4.55. The lowest BCUT2D eigenvalue weighted by Crippen LogP contribution is -2.44. The normalized spacial score (nSPS) is 18.3. The minimum Gasteiger partial charge on any atom is -0.347 e. The van der Waals surface area contributed by atoms with Crippen molar-refractivity contribution in [1.29, 1.82) is 0 Å². The standard InChI is InChI=1S/C12H16N4/c1-2-12(7-5-8-12)14-11-13-10-6-3-4-9-16(10)15-11/h3-4,6,9H,2,5,7-8H2,1H3,(H,14,15). The van der Waals surface area contributed by atoms with E-state index in [9.17, 15) is 0 Å². The van der Waals surface area contributed by atoms with Crippen LogP contribution in [0.15, 0.2) is 24.4 Å². The molecule has 0 saturated heterocycles. The maximum Gasteiger partial charge on any atom is 0.243 e. The predicted octanol–water partition coefficient (Wildman–Crippen LogP) is 2.47. The van der Waals surface area contributed by atoms with E-state index in [4.69, 9.17) is 0 Å². The molecule has 1 N–H and O–H groups in total. The first-order chi connectivity index (χ1) is 7.81. The third-order valence-corrected chi connectivity index (χ3v) is 3.61. The van der Waals surface area contributed by atoms with E-state index in [0.29, 0.717) is 0 Å². The van der Waals surface area contributed by atoms with Gasteiger partial charge < -0.3 is 5.32 Å². The minimum absolute atomic E-state index is 0.255. The maximum atomic E-state index is 4.47. The van der Waals surface area contributed by atoms with Gasteiger partial charge in [0.2, 0.25) is 5.95 Å². The largest absolute Gasteiger partial charge is 0.347 e. The highest BCUT2D eigenvalue weighted by Crippen LogP contribution is 2.37. The molecule has 4 nitrogen and oxygen atoms in total. The number of rotatable bonds is 3. The number of anilines is 1. The molecule has 0 spiro atoms. The molecule has 4 heteroatoms. The van der Waals surface area contributed by atoms with E-state index in [1.807, 2.05) is 28.9 Å². The van der Waals surface area contributed by atoms with E-state index < -0.39 is 0 Å². The summed E-state index contributed by atoms with van der Waals surface area (Å²) in [6.45, 7) is 2.22. The number of aromatic nitrogens is 3. The Morgan fingerprint density at radius 3 is 2.94 bits per heavy atom. The molecule has 0 bridgehead atoms. The SMILES string of the molecule is CCC1(Nc2nc3ccccn3n2)CCC1. The summed E-state index contributed by atoms with van der Waals surface area (Å²) in [4.78, 5) is 4.47. The van der Waals surface area contributed by atoms with E-state index in [2.05, 4.69) is 22.3 Å². The molecule has 1 aliphatic carbocycles. The summed E-state index contributed by atoms with van der Waals surface area (Å²) in [6.07, 6.45) is 6.85. The van der Waals surface area contributed by atoms with Gasteiger partial charge >= 0.3 is 0 Å². The number of nitrogens with zero attached hydrogens (tertiary/aromatic N) is 3. The van der Waals surface area contributed by atoms with Crippen molar-refractivity contribution < 1.29 is 0 Å². The van der Waals surface area contributed by atoms with Crippen molar-refractivity contribution in [3.63, 3.8) is 0 Å². The molecule has 0 aliphatic heterocycles. The van der Waals surface area contributed by atoms with E-state index in [1.54, 1.807) is 0 Å². The fourth-order valence-corrected chi connectivity index (χ4v) is 2.29. The van der Waals surface area contributed by atoms with Crippen molar-refractivity contribution >= 4 is 11.6 Å². The highest BCUT2D eigenvalue weighted by atomic mass is 15.4. The van der Waals surface area contributed by atoms with Crippen molar-refractivity contribution in [2.24, 2.45) is 0 Å². The number of fused-ring (bicyclic) bond motifs is 1. The topological polar surface area (TPSA) is 42.2 Å². The third-order valence-electron chi connectivity index (χ3n) is 3.61. The predicted molar refractivity (Wildman–Crippen MR) is 63.5 cm³/mol. The summed E-state index contributed by atoms with van der Waals surface area (Å²) >= 11 is 0. The lowest BCUT2D eigenvalue weighted by atomic mass is 9.75. The Balaban J connectivity index is 1.89. The van der Waals surface area contributed by atoms with Crippen LogP contribution in [0.25, 0.3) is 5.65 Å². The molecular formula is C12H16N4. The van der Waals surface area contributed by atoms with Crippen LogP contribution in [-0.4, -0.2) is 20.1 Å². The molecule has 0 amide bonds. The van der Waals surface area contributed by atoms with Crippen molar-refractivity contribution in [2.75, 3.05) is 5.32 Å². The number of nitrogens with one attached hydrogen (secondary N) is 1. The van der Waals surface area contributed by atoms with Crippen LogP contribution in [0.5, 0.6) is 0 Å². The molecule has 2 heterocycles. The van der Waals surface area contributed by atoms with Gasteiger partial charge in [-0.3, -0.25) is 0 Å². The fourth-order valence-electron chi connectivity index (χ4n) is 2.29. The second-order valence-corrected chi connectivity index (χ2v) is 4.55. The van der Waals surface area contributed by atoms with Crippen molar-refractivity contribution in [3.05, 3.63) is 24.4 Å². The Morgan fingerprint density at radius 1 is 1.44 bits per heavy atom. The molecule has 0 unspecified atom stereocenters. The third kappa shape index (κ3) is 1.45. The van der Waals surface area contributed by atoms with Gasteiger partial charge in [0.15, 0.2) is 5.65 Å². The fraction of sp³-hybridized carbons (Fsp3) is 0.500. The van der Waals surface area contributed by atoms with Crippen molar-refractivity contribution in [1.82, 2.24) is 14.6 Å². The van der Waals surface area contributed by atoms with Crippen LogP contribution in [-0.2, 0) is 0 Å². The maximum absolute atomic E-state index is 4.47. The summed E-state index contributed by atoms with van der Waals surface area (Å²) in [5, 5.41) is 7.91. The highest BCUT2D eigenvalue weighted by molar-refractivity contribution is 5.44. The molecule has 84 valence electrons. The van der Waals surface area contributed by atoms with Crippen LogP contribution in [0.4, 0.5) is 5.95 Å². The summed E-state index contributed by atoms with van der Waals surface area (Å²) in [7, 11) is 0. The average molecular weight is 216 g/mol. The van der Waals surface area contributed by atoms with Gasteiger partial charge in [-0.15, -0.1) is 5.10 Å². The van der Waals surface area contributed by atoms with Gasteiger partial charge in [0.1, 0.15) is 0 Å². The molecule has 16 heavy (non-hydrogen) atoms. The molecule has 1 aliphatic rings. The monoisotopic (exact) mass is 216 g/mol. The van der Waals surface area contributed by atoms with Gasteiger partial charge in [-0.05, 0) is 37.8 Å². The van der Waals surface area contributed by atoms with Crippen molar-refractivity contribution in [2.45, 2.75) is 38.1 Å². The Labute approximate surface area is 94.7 Å². The first-order valence-corrected chi connectivity index (χ1v) is 5.91. The van der Waals surface area contributed by atoms with Gasteiger partial charge in [-0.1, -0.05) is 13.0 Å². The lowest BCUT2D eigenvalue weighted by molar-refractivity contribution is 0.268. The first-order valence-electron chi connectivity index (χ1n) is 5.91. The summed E-state index contributed by atoms with van der Waals surface area (Å²) in [5.74, 6) is 0.757. The molecule has 2 aromatic heterocycles. The molecule has 0 radical (unpaired) electrons. The van der Waals surface area contributed by atoms with E-state index in [1.165, 1.54) is 19.3 Å². The van der Waals surface area contributed by atoms with Gasteiger partial charge in [0.05, 0.1) is 0 Å². The number of hydrogen-bond acceptors (Lipinski definition) is 3. The van der Waals surface area contributed by atoms with Gasteiger partial charge in [-0.2, -0.15) is 4.98 Å². The molecular weight excluding hydrogens is 200 g/mol. The summed E-state index contributed by atoms with van der Waals surface area (Å²) in [6, 6.07) is 5.91. The zero-order valence-corrected chi connectivity index (χ0v) is 9.48. The van der Waals surface area contributed by atoms with Gasteiger partial charge in [0, 0.05) is 11.7 Å². The van der Waals surface area contributed by atoms with Crippen LogP contribution >= 0.6 is 0 Å². The molecule has 0 atom stereocenters. The number of hydrogen-bond donors (Lipinski definition) is 1. The highest BCUT2D eigenvalue weighted by Gasteiger charge is 2.35. The van der Waals surface area contributed by atoms with Crippen LogP contribution < -0.4 is 5.32 Å². The lowest BCUT2D eigenvalue weighted by Gasteiger charge is -2.41. The molecule has 1 saturated carbocycles. The van der Waals surface area contributed by atoms with Crippen LogP contribution in [0.3, 0.4) is 0 Å². The van der Waals surface area contributed by atoms with E-state index >= 15 is 0 Å². The van der Waals surface area contributed by atoms with Crippen LogP contribution in [0.1, 0.15) is 32.6 Å². The zero-order valence-electron chi connectivity index (χ0n) is 9.48. The van der Waals surface area contributed by atoms with Crippen molar-refractivity contribution in [3.8, 4) is 0 Å². The average Bonchev–Trinajstić information content (AvgIpc) is 2.65. The summed E-state index contributed by atoms with van der Waals surface area (Å²) in [5.41, 5.74) is 1.15. The molecule has 3 rings (SSSR count).